The summed E-state index contributed by atoms with van der Waals surface area (Å²) >= 11 is 0. The molecule has 0 bridgehead atoms. The number of benzene rings is 2. The summed E-state index contributed by atoms with van der Waals surface area (Å²) < 4.78 is 25.7. The van der Waals surface area contributed by atoms with E-state index in [1.807, 2.05) is 36.4 Å². The first-order chi connectivity index (χ1) is 10.1. The number of anilines is 1. The molecule has 0 amide bonds. The summed E-state index contributed by atoms with van der Waals surface area (Å²) in [5.41, 5.74) is 7.04. The number of fused-ring (bicyclic) bond motifs is 1. The van der Waals surface area contributed by atoms with Crippen molar-refractivity contribution < 1.29 is 8.60 Å². The number of rotatable bonds is 3. The van der Waals surface area contributed by atoms with Crippen molar-refractivity contribution in [3.05, 3.63) is 66.1 Å². The summed E-state index contributed by atoms with van der Waals surface area (Å²) in [6.07, 6.45) is 0. The molecule has 1 unspecified atom stereocenters. The number of hydrogen-bond acceptors (Lipinski definition) is 3. The number of nitrogen functional groups attached to an aromatic ring is 1. The molecule has 0 aliphatic carbocycles. The van der Waals surface area contributed by atoms with Gasteiger partial charge in [-0.25, -0.2) is 4.39 Å². The first-order valence-electron chi connectivity index (χ1n) is 6.41. The van der Waals surface area contributed by atoms with E-state index >= 15 is 0 Å². The van der Waals surface area contributed by atoms with E-state index in [1.54, 1.807) is 6.07 Å². The van der Waals surface area contributed by atoms with Gasteiger partial charge in [-0.2, -0.15) is 0 Å². The molecule has 0 aliphatic heterocycles. The third kappa shape index (κ3) is 2.92. The van der Waals surface area contributed by atoms with Crippen LogP contribution in [-0.4, -0.2) is 9.19 Å². The summed E-state index contributed by atoms with van der Waals surface area (Å²) in [7, 11) is -1.35. The lowest BCUT2D eigenvalue weighted by atomic mass is 10.2. The highest BCUT2D eigenvalue weighted by Crippen LogP contribution is 2.18. The molecule has 0 saturated heterocycles. The highest BCUT2D eigenvalue weighted by atomic mass is 32.2. The molecule has 2 N–H and O–H groups in total. The van der Waals surface area contributed by atoms with E-state index in [9.17, 15) is 8.60 Å². The summed E-state index contributed by atoms with van der Waals surface area (Å²) in [6.45, 7) is 0. The van der Waals surface area contributed by atoms with Gasteiger partial charge < -0.3 is 5.73 Å². The fraction of sp³-hybridized carbons (Fsp3) is 0.0625. The van der Waals surface area contributed by atoms with Crippen LogP contribution in [0.4, 0.5) is 10.1 Å². The van der Waals surface area contributed by atoms with Crippen molar-refractivity contribution in [2.45, 2.75) is 10.6 Å². The molecular weight excluding hydrogens is 287 g/mol. The second-order valence-corrected chi connectivity index (χ2v) is 6.12. The molecule has 0 aliphatic rings. The lowest BCUT2D eigenvalue weighted by Crippen LogP contribution is -2.00. The van der Waals surface area contributed by atoms with Crippen LogP contribution in [0.1, 0.15) is 5.69 Å². The minimum absolute atomic E-state index is 0.0552. The van der Waals surface area contributed by atoms with Gasteiger partial charge in [-0.3, -0.25) is 9.19 Å². The molecule has 0 radical (unpaired) electrons. The molecule has 3 nitrogen and oxygen atoms in total. The van der Waals surface area contributed by atoms with Crippen LogP contribution < -0.4 is 5.73 Å². The van der Waals surface area contributed by atoms with Crippen LogP contribution in [0.25, 0.3) is 10.9 Å². The molecule has 106 valence electrons. The van der Waals surface area contributed by atoms with Gasteiger partial charge in [-0.1, -0.05) is 24.3 Å². The highest BCUT2D eigenvalue weighted by molar-refractivity contribution is 7.84. The summed E-state index contributed by atoms with van der Waals surface area (Å²) in [6, 6.07) is 15.7. The van der Waals surface area contributed by atoms with Gasteiger partial charge in [0.2, 0.25) is 0 Å². The molecule has 1 heterocycles. The topological polar surface area (TPSA) is 56.0 Å². The lowest BCUT2D eigenvalue weighted by Gasteiger charge is -2.05. The van der Waals surface area contributed by atoms with Crippen LogP contribution in [0.15, 0.2) is 59.5 Å². The lowest BCUT2D eigenvalue weighted by molar-refractivity contribution is 0.627. The van der Waals surface area contributed by atoms with Gasteiger partial charge >= 0.3 is 0 Å². The Morgan fingerprint density at radius 3 is 2.71 bits per heavy atom. The molecule has 3 rings (SSSR count). The average Bonchev–Trinajstić information content (AvgIpc) is 2.50. The fourth-order valence-electron chi connectivity index (χ4n) is 2.06. The second kappa shape index (κ2) is 5.61. The zero-order valence-corrected chi connectivity index (χ0v) is 11.9. The monoisotopic (exact) mass is 300 g/mol. The largest absolute Gasteiger partial charge is 0.396 e. The first kappa shape index (κ1) is 13.7. The van der Waals surface area contributed by atoms with Crippen LogP contribution >= 0.6 is 0 Å². The van der Waals surface area contributed by atoms with Gasteiger partial charge in [-0.05, 0) is 30.3 Å². The molecule has 0 spiro atoms. The van der Waals surface area contributed by atoms with Crippen LogP contribution in [0.2, 0.25) is 0 Å². The number of nitrogens with two attached hydrogens (primary N) is 1. The Hall–Kier alpha value is -2.27. The molecule has 1 aromatic heterocycles. The van der Waals surface area contributed by atoms with E-state index in [4.69, 9.17) is 5.73 Å². The third-order valence-corrected chi connectivity index (χ3v) is 4.51. The van der Waals surface area contributed by atoms with Crippen LogP contribution in [0, 0.1) is 5.82 Å². The SMILES string of the molecule is Nc1ccc(S(=O)Cc2ccc3ccccc3n2)cc1F. The molecule has 3 aromatic rings. The second-order valence-electron chi connectivity index (χ2n) is 4.67. The van der Waals surface area contributed by atoms with Gasteiger partial charge in [0, 0.05) is 10.3 Å². The number of aromatic nitrogens is 1. The molecular formula is C16H13FN2OS. The molecule has 2 aromatic carbocycles. The maximum atomic E-state index is 13.4. The predicted octanol–water partition coefficient (Wildman–Crippen LogP) is 3.26. The van der Waals surface area contributed by atoms with Gasteiger partial charge in [0.1, 0.15) is 5.82 Å². The number of nitrogens with zero attached hydrogens (tertiary/aromatic N) is 1. The molecule has 0 fully saturated rings. The first-order valence-corrected chi connectivity index (χ1v) is 7.73. The molecule has 21 heavy (non-hydrogen) atoms. The van der Waals surface area contributed by atoms with Gasteiger partial charge in [0.15, 0.2) is 0 Å². The zero-order valence-electron chi connectivity index (χ0n) is 11.1. The van der Waals surface area contributed by atoms with Gasteiger partial charge in [-0.15, -0.1) is 0 Å². The Morgan fingerprint density at radius 1 is 1.10 bits per heavy atom. The van der Waals surface area contributed by atoms with Gasteiger partial charge in [0.05, 0.1) is 33.5 Å². The number of halogens is 1. The van der Waals surface area contributed by atoms with Crippen molar-refractivity contribution in [3.8, 4) is 0 Å². The van der Waals surface area contributed by atoms with E-state index in [0.29, 0.717) is 10.6 Å². The quantitative estimate of drug-likeness (QED) is 0.755. The van der Waals surface area contributed by atoms with Crippen molar-refractivity contribution in [1.29, 1.82) is 0 Å². The Kier molecular flexibility index (Phi) is 3.66. The predicted molar refractivity (Wildman–Crippen MR) is 82.7 cm³/mol. The maximum Gasteiger partial charge on any atom is 0.147 e. The maximum absolute atomic E-state index is 13.4. The van der Waals surface area contributed by atoms with E-state index in [2.05, 4.69) is 4.98 Å². The normalized spacial score (nSPS) is 12.4. The third-order valence-electron chi connectivity index (χ3n) is 3.17. The van der Waals surface area contributed by atoms with Gasteiger partial charge in [0.25, 0.3) is 0 Å². The van der Waals surface area contributed by atoms with E-state index in [-0.39, 0.29) is 11.4 Å². The zero-order chi connectivity index (χ0) is 14.8. The van der Waals surface area contributed by atoms with Crippen molar-refractivity contribution in [2.75, 3.05) is 5.73 Å². The minimum atomic E-state index is -1.35. The Morgan fingerprint density at radius 2 is 1.90 bits per heavy atom. The van der Waals surface area contributed by atoms with E-state index in [1.165, 1.54) is 12.1 Å². The van der Waals surface area contributed by atoms with Crippen molar-refractivity contribution >= 4 is 27.4 Å². The standard InChI is InChI=1S/C16H13FN2OS/c17-14-9-13(7-8-15(14)18)21(20)10-12-6-5-11-3-1-2-4-16(11)19-12/h1-9H,10,18H2. The highest BCUT2D eigenvalue weighted by Gasteiger charge is 2.09. The minimum Gasteiger partial charge on any atom is -0.396 e. The molecule has 1 atom stereocenters. The van der Waals surface area contributed by atoms with Crippen molar-refractivity contribution in [3.63, 3.8) is 0 Å². The smallest absolute Gasteiger partial charge is 0.147 e. The summed E-state index contributed by atoms with van der Waals surface area (Å²) in [5.74, 6) is -0.305. The van der Waals surface area contributed by atoms with E-state index < -0.39 is 16.6 Å². The van der Waals surface area contributed by atoms with Crippen LogP contribution in [0.3, 0.4) is 0 Å². The number of pyridine rings is 1. The van der Waals surface area contributed by atoms with Crippen molar-refractivity contribution in [2.24, 2.45) is 0 Å². The Bertz CT molecular complexity index is 835. The van der Waals surface area contributed by atoms with Crippen molar-refractivity contribution in [1.82, 2.24) is 4.98 Å². The summed E-state index contributed by atoms with van der Waals surface area (Å²) in [4.78, 5) is 4.88. The summed E-state index contributed by atoms with van der Waals surface area (Å²) in [5, 5.41) is 1.03. The Labute approximate surface area is 124 Å². The molecule has 5 heteroatoms. The van der Waals surface area contributed by atoms with Crippen LogP contribution in [-0.2, 0) is 16.6 Å². The average molecular weight is 300 g/mol. The number of hydrogen-bond donors (Lipinski definition) is 1. The van der Waals surface area contributed by atoms with E-state index in [0.717, 1.165) is 10.9 Å². The molecule has 0 saturated carbocycles. The number of para-hydroxylation sites is 1. The Balaban J connectivity index is 1.87. The van der Waals surface area contributed by atoms with Crippen LogP contribution in [0.5, 0.6) is 0 Å². The fourth-order valence-corrected chi connectivity index (χ4v) is 3.11.